The van der Waals surface area contributed by atoms with Crippen LogP contribution in [0.2, 0.25) is 5.02 Å². The maximum atomic E-state index is 13.5. The lowest BCUT2D eigenvalue weighted by atomic mass is 10.2. The lowest BCUT2D eigenvalue weighted by molar-refractivity contribution is -0.119. The average molecular weight is 434 g/mol. The molecule has 1 heterocycles. The molecule has 0 fully saturated rings. The van der Waals surface area contributed by atoms with Crippen LogP contribution < -0.4 is 11.1 Å². The standard InChI is InChI=1S/C20H20ClN3O4S/c1-10-6-11(2)8-14(7-10)29(27,28)18-15-9-13(21)4-5-16(15)24-17(18)20(26)23-12(3)19(22)25/h4-9,12,24H,1-3H3,(H2,22,25)(H,23,26)/t12-/m1/s1. The molecule has 3 aromatic rings. The number of primary amides is 1. The van der Waals surface area contributed by atoms with Crippen LogP contribution in [0.15, 0.2) is 46.2 Å². The van der Waals surface area contributed by atoms with E-state index in [1.54, 1.807) is 38.1 Å². The molecule has 29 heavy (non-hydrogen) atoms. The molecule has 0 spiro atoms. The summed E-state index contributed by atoms with van der Waals surface area (Å²) in [7, 11) is -4.08. The quantitative estimate of drug-likeness (QED) is 0.572. The fourth-order valence-corrected chi connectivity index (χ4v) is 5.09. The molecule has 0 saturated heterocycles. The minimum absolute atomic E-state index is 0.0628. The third-order valence-electron chi connectivity index (χ3n) is 4.49. The van der Waals surface area contributed by atoms with Crippen LogP contribution >= 0.6 is 11.6 Å². The molecule has 1 atom stereocenters. The number of hydrogen-bond donors (Lipinski definition) is 3. The van der Waals surface area contributed by atoms with Crippen LogP contribution in [0.3, 0.4) is 0 Å². The molecule has 0 radical (unpaired) electrons. The maximum Gasteiger partial charge on any atom is 0.269 e. The van der Waals surface area contributed by atoms with Crippen LogP contribution in [0.25, 0.3) is 10.9 Å². The lowest BCUT2D eigenvalue weighted by Gasteiger charge is -2.12. The van der Waals surface area contributed by atoms with E-state index in [2.05, 4.69) is 10.3 Å². The van der Waals surface area contributed by atoms with Crippen molar-refractivity contribution in [2.24, 2.45) is 5.73 Å². The highest BCUT2D eigenvalue weighted by Gasteiger charge is 2.31. The molecule has 2 amide bonds. The number of sulfone groups is 1. The van der Waals surface area contributed by atoms with Crippen molar-refractivity contribution in [3.8, 4) is 0 Å². The van der Waals surface area contributed by atoms with Crippen molar-refractivity contribution in [2.45, 2.75) is 36.6 Å². The van der Waals surface area contributed by atoms with Crippen LogP contribution in [-0.2, 0) is 14.6 Å². The van der Waals surface area contributed by atoms with Gasteiger partial charge in [-0.25, -0.2) is 8.42 Å². The van der Waals surface area contributed by atoms with E-state index >= 15 is 0 Å². The van der Waals surface area contributed by atoms with Gasteiger partial charge in [0.05, 0.1) is 4.90 Å². The number of fused-ring (bicyclic) bond motifs is 1. The van der Waals surface area contributed by atoms with Gasteiger partial charge in [0.1, 0.15) is 16.6 Å². The van der Waals surface area contributed by atoms with E-state index in [1.165, 1.54) is 13.0 Å². The summed E-state index contributed by atoms with van der Waals surface area (Å²) in [6.07, 6.45) is 0. The summed E-state index contributed by atoms with van der Waals surface area (Å²) >= 11 is 6.08. The van der Waals surface area contributed by atoms with E-state index < -0.39 is 27.7 Å². The summed E-state index contributed by atoms with van der Waals surface area (Å²) in [5.41, 5.74) is 6.99. The van der Waals surface area contributed by atoms with E-state index in [0.29, 0.717) is 10.5 Å². The van der Waals surface area contributed by atoms with Crippen molar-refractivity contribution in [3.05, 3.63) is 58.2 Å². The highest BCUT2D eigenvalue weighted by Crippen LogP contribution is 2.34. The number of nitrogens with two attached hydrogens (primary N) is 1. The Balaban J connectivity index is 2.28. The molecule has 0 aliphatic carbocycles. The number of hydrogen-bond acceptors (Lipinski definition) is 4. The number of amides is 2. The number of benzene rings is 2. The van der Waals surface area contributed by atoms with E-state index in [4.69, 9.17) is 17.3 Å². The van der Waals surface area contributed by atoms with Gasteiger partial charge in [-0.2, -0.15) is 0 Å². The fraction of sp³-hybridized carbons (Fsp3) is 0.200. The fourth-order valence-electron chi connectivity index (χ4n) is 3.12. The summed E-state index contributed by atoms with van der Waals surface area (Å²) in [5.74, 6) is -1.50. The van der Waals surface area contributed by atoms with Gasteiger partial charge in [-0.3, -0.25) is 9.59 Å². The van der Waals surface area contributed by atoms with Crippen LogP contribution in [-0.4, -0.2) is 31.3 Å². The average Bonchev–Trinajstić information content (AvgIpc) is 3.00. The van der Waals surface area contributed by atoms with Gasteiger partial charge in [-0.1, -0.05) is 17.7 Å². The van der Waals surface area contributed by atoms with E-state index in [0.717, 1.165) is 11.1 Å². The van der Waals surface area contributed by atoms with Gasteiger partial charge < -0.3 is 16.0 Å². The summed E-state index contributed by atoms with van der Waals surface area (Å²) in [5, 5.41) is 3.03. The molecule has 9 heteroatoms. The largest absolute Gasteiger partial charge is 0.368 e. The van der Waals surface area contributed by atoms with Gasteiger partial charge in [0.25, 0.3) is 5.91 Å². The molecule has 0 saturated carbocycles. The van der Waals surface area contributed by atoms with Crippen molar-refractivity contribution in [1.29, 1.82) is 0 Å². The van der Waals surface area contributed by atoms with Gasteiger partial charge in [0, 0.05) is 15.9 Å². The Kier molecular flexibility index (Phi) is 5.42. The normalized spacial score (nSPS) is 12.7. The smallest absolute Gasteiger partial charge is 0.269 e. The third-order valence-corrected chi connectivity index (χ3v) is 6.54. The minimum atomic E-state index is -4.08. The minimum Gasteiger partial charge on any atom is -0.368 e. The molecule has 1 aromatic heterocycles. The Hall–Kier alpha value is -2.84. The molecule has 0 aliphatic rings. The molecule has 3 rings (SSSR count). The molecular formula is C20H20ClN3O4S. The zero-order valence-corrected chi connectivity index (χ0v) is 17.6. The van der Waals surface area contributed by atoms with Crippen LogP contribution in [0.4, 0.5) is 0 Å². The van der Waals surface area contributed by atoms with Gasteiger partial charge in [0.2, 0.25) is 15.7 Å². The van der Waals surface area contributed by atoms with Crippen LogP contribution in [0.5, 0.6) is 0 Å². The SMILES string of the molecule is Cc1cc(C)cc(S(=O)(=O)c2c(C(=O)N[C@H](C)C(N)=O)[nH]c3ccc(Cl)cc23)c1. The number of aryl methyl sites for hydroxylation is 2. The molecule has 0 aliphatic heterocycles. The van der Waals surface area contributed by atoms with Crippen molar-refractivity contribution in [3.63, 3.8) is 0 Å². The van der Waals surface area contributed by atoms with Gasteiger partial charge in [-0.05, 0) is 62.2 Å². The Morgan fingerprint density at radius 3 is 2.31 bits per heavy atom. The molecule has 0 bridgehead atoms. The van der Waals surface area contributed by atoms with Gasteiger partial charge >= 0.3 is 0 Å². The van der Waals surface area contributed by atoms with Crippen LogP contribution in [0, 0.1) is 13.8 Å². The predicted molar refractivity (Wildman–Crippen MR) is 111 cm³/mol. The third kappa shape index (κ3) is 3.99. The Morgan fingerprint density at radius 2 is 1.72 bits per heavy atom. The first kappa shape index (κ1) is 20.9. The second kappa shape index (κ2) is 7.53. The Morgan fingerprint density at radius 1 is 1.10 bits per heavy atom. The van der Waals surface area contributed by atoms with Crippen LogP contribution in [0.1, 0.15) is 28.5 Å². The van der Waals surface area contributed by atoms with Crippen molar-refractivity contribution in [2.75, 3.05) is 0 Å². The molecule has 4 N–H and O–H groups in total. The first-order valence-corrected chi connectivity index (χ1v) is 10.6. The molecule has 0 unspecified atom stereocenters. The number of aromatic nitrogens is 1. The lowest BCUT2D eigenvalue weighted by Crippen LogP contribution is -2.42. The van der Waals surface area contributed by atoms with Crippen molar-refractivity contribution < 1.29 is 18.0 Å². The Labute approximate surface area is 173 Å². The van der Waals surface area contributed by atoms with E-state index in [1.807, 2.05) is 6.07 Å². The first-order chi connectivity index (χ1) is 13.5. The highest BCUT2D eigenvalue weighted by molar-refractivity contribution is 7.91. The second-order valence-electron chi connectivity index (χ2n) is 6.94. The molecular weight excluding hydrogens is 414 g/mol. The number of nitrogens with one attached hydrogen (secondary N) is 2. The molecule has 152 valence electrons. The molecule has 7 nitrogen and oxygen atoms in total. The zero-order valence-electron chi connectivity index (χ0n) is 16.0. The predicted octanol–water partition coefficient (Wildman–Crippen LogP) is 2.87. The number of H-pyrrole nitrogens is 1. The second-order valence-corrected chi connectivity index (χ2v) is 9.27. The monoisotopic (exact) mass is 433 g/mol. The first-order valence-electron chi connectivity index (χ1n) is 8.75. The van der Waals surface area contributed by atoms with E-state index in [-0.39, 0.29) is 20.9 Å². The van der Waals surface area contributed by atoms with Gasteiger partial charge in [-0.15, -0.1) is 0 Å². The highest BCUT2D eigenvalue weighted by atomic mass is 35.5. The van der Waals surface area contributed by atoms with Crippen molar-refractivity contribution in [1.82, 2.24) is 10.3 Å². The summed E-state index contributed by atoms with van der Waals surface area (Å²) in [6.45, 7) is 5.00. The zero-order chi connectivity index (χ0) is 21.5. The molecule has 2 aromatic carbocycles. The van der Waals surface area contributed by atoms with Gasteiger partial charge in [0.15, 0.2) is 0 Å². The maximum absolute atomic E-state index is 13.5. The van der Waals surface area contributed by atoms with Crippen molar-refractivity contribution >= 4 is 44.2 Å². The number of carbonyl (C=O) groups excluding carboxylic acids is 2. The number of rotatable bonds is 5. The van der Waals surface area contributed by atoms with E-state index in [9.17, 15) is 18.0 Å². The number of aromatic amines is 1. The summed E-state index contributed by atoms with van der Waals surface area (Å²) < 4.78 is 27.1. The topological polar surface area (TPSA) is 122 Å². The number of halogens is 1. The number of carbonyl (C=O) groups is 2. The summed E-state index contributed by atoms with van der Waals surface area (Å²) in [4.78, 5) is 26.8. The Bertz CT molecular complexity index is 1230. The summed E-state index contributed by atoms with van der Waals surface area (Å²) in [6, 6.07) is 8.62.